The molecule has 2 heterocycles. The summed E-state index contributed by atoms with van der Waals surface area (Å²) in [5.74, 6) is 3.14. The van der Waals surface area contributed by atoms with Crippen molar-refractivity contribution >= 4 is 76.1 Å². The number of nitrogens with zero attached hydrogens (tertiary/aromatic N) is 3. The minimum absolute atomic E-state index is 0. The molecular weight excluding hydrogens is 1720 g/mol. The number of hydrogen-bond acceptors (Lipinski definition) is 12. The molecule has 0 saturated heterocycles. The molecule has 133 heavy (non-hydrogen) atoms. The number of halogens is 3. The average Bonchev–Trinajstić information content (AvgIpc) is 1.39. The number of allylic oxidation sites excluding steroid dienone is 6. The highest BCUT2D eigenvalue weighted by Gasteiger charge is 2.76. The molecule has 0 amide bonds. The van der Waals surface area contributed by atoms with E-state index in [0.717, 1.165) is 180 Å². The van der Waals surface area contributed by atoms with Crippen LogP contribution in [0.3, 0.4) is 0 Å². The molecule has 4 aromatic rings. The van der Waals surface area contributed by atoms with Crippen molar-refractivity contribution in [2.75, 3.05) is 18.1 Å². The molecule has 10 saturated carbocycles. The number of aromatic amines is 2. The van der Waals surface area contributed by atoms with Gasteiger partial charge in [0.05, 0.1) is 22.9 Å². The SMILES string of the molecule is C.C.C.CC1(C)CC[C@]2(C(=O)O)CC[C@]3(C)C(=C(Cl)CC4[C@@]5(C)Cc6c(N)n[nH]c6C(C)(C)C5CC[C@]43C)C2C1.CC1(C)CC[C@]2(C(=O)OCc3ccccc3)CC[C@]3(C)C(=C(Cl)CC4[C@@]5(C)Cc6c(N)n[nH]c6C(C)(C)C5CC[C@]43C)C2C1.CCOC(C)=O.[C-]#[N+]C1C[C@@]2(C)C(CC[C@]3(C)C2CC(Cl)=C2C4CC(C)(C)CC[C@]4(C(=O)OCc4ccccc4)CC[C@]23C)C(C)(C)C1=O. The van der Waals surface area contributed by atoms with Crippen LogP contribution >= 0.6 is 34.8 Å². The number of rotatable bonds is 8. The van der Waals surface area contributed by atoms with Crippen molar-refractivity contribution in [3.8, 4) is 0 Å². The molecular formula is C114H168Cl3N7O9. The molecule has 15 aliphatic carbocycles. The molecule has 2 aromatic heterocycles. The zero-order valence-corrected chi connectivity index (χ0v) is 85.4. The molecule has 16 nitrogen and oxygen atoms in total. The number of hydrogen-bond donors (Lipinski definition) is 5. The van der Waals surface area contributed by atoms with Crippen LogP contribution in [0.25, 0.3) is 4.85 Å². The highest BCUT2D eigenvalue weighted by atomic mass is 35.5. The number of Topliss-reactive ketones (excluding diaryl/α,β-unsaturated/α-hetero) is 1. The Morgan fingerprint density at radius 3 is 1.08 bits per heavy atom. The number of H-pyrrole nitrogens is 2. The number of benzene rings is 2. The molecule has 7 N–H and O–H groups in total. The summed E-state index contributed by atoms with van der Waals surface area (Å²) in [5.41, 5.74) is 21.7. The summed E-state index contributed by atoms with van der Waals surface area (Å²) < 4.78 is 16.8. The molecule has 19 rings (SSSR count). The van der Waals surface area contributed by atoms with Crippen molar-refractivity contribution in [2.45, 2.75) is 385 Å². The number of nitrogens with one attached hydrogen (secondary N) is 2. The second-order valence-corrected chi connectivity index (χ2v) is 52.4. The molecule has 15 aliphatic rings. The summed E-state index contributed by atoms with van der Waals surface area (Å²) in [5, 5.41) is 29.1. The molecule has 0 bridgehead atoms. The number of ketones is 1. The fourth-order valence-corrected chi connectivity index (χ4v) is 36.3. The van der Waals surface area contributed by atoms with E-state index in [1.165, 1.54) is 59.0 Å². The third kappa shape index (κ3) is 15.5. The number of ether oxygens (including phenoxy) is 3. The predicted molar refractivity (Wildman–Crippen MR) is 538 cm³/mol. The maximum absolute atomic E-state index is 14.3. The summed E-state index contributed by atoms with van der Waals surface area (Å²) in [7, 11) is 0. The van der Waals surface area contributed by atoms with Gasteiger partial charge in [0.2, 0.25) is 5.78 Å². The first-order valence-electron chi connectivity index (χ1n) is 50.0. The summed E-state index contributed by atoms with van der Waals surface area (Å²) in [6.45, 7) is 62.4. The van der Waals surface area contributed by atoms with Crippen molar-refractivity contribution in [3.63, 3.8) is 0 Å². The van der Waals surface area contributed by atoms with Crippen molar-refractivity contribution in [2.24, 2.45) is 140 Å². The molecule has 10 unspecified atom stereocenters. The van der Waals surface area contributed by atoms with Gasteiger partial charge in [-0.1, -0.05) is 263 Å². The standard InChI is InChI=1S/C38H52ClN3O2.C38H50ClNO3.C31H46ClN3O2.C4H8O2.3CH4/c1-33(2)15-17-38(32(43)44-22-23-11-9-8-10-12-23)18-16-37(7)29(25(38)21-33)26(39)19-28-35(5)20-24-30(41-42-31(24)40)34(3,4)27(35)13-14-36(28,37)6;1-33(2)16-18-38(32(42)43-23-24-12-10-9-11-13-24)19-17-37(7)30(25(38)21-33)26(39)20-29-35(5)22-27(40-8)31(41)34(3,4)28(35)14-15-36(29,37)6;1-26(2)10-12-31(25(36)37)13-11-30(7)22(18(31)16-26)19(32)14-21-28(5)15-17-23(34-35-24(17)33)27(3,4)20(28)8-9-29(21,30)6;1-3-6-4(2)5;;;/h8-12,25,27-28H,13-22H2,1-7H3,(H3,40,41,42);9-13,25,27-29H,14-23H2,1-7H3;18,20-21H,8-16H2,1-7H3,(H,36,37)(H3,33,34,35);3H2,1-2H3;3*1H4/t25?,27?,28?,35-,36+,37+,38-;25?,27?,28?,29?,35-,36+,37+,38-;18?,20?,21?,28-,29+,30+,31-;;;;/m000..../s1. The number of esters is 3. The Morgan fingerprint density at radius 1 is 0.444 bits per heavy atom. The van der Waals surface area contributed by atoms with Gasteiger partial charge in [-0.05, 0) is 320 Å². The highest BCUT2D eigenvalue weighted by molar-refractivity contribution is 6.31. The summed E-state index contributed by atoms with van der Waals surface area (Å²) >= 11 is 22.7. The summed E-state index contributed by atoms with van der Waals surface area (Å²) in [6, 6.07) is 19.5. The van der Waals surface area contributed by atoms with E-state index in [1.807, 2.05) is 60.7 Å². The number of carboxylic acids is 1. The van der Waals surface area contributed by atoms with Crippen LogP contribution in [0.15, 0.2) is 92.5 Å². The van der Waals surface area contributed by atoms with Gasteiger partial charge in [-0.15, -0.1) is 0 Å². The van der Waals surface area contributed by atoms with Crippen LogP contribution in [0.2, 0.25) is 0 Å². The third-order valence-electron chi connectivity index (χ3n) is 42.4. The zero-order chi connectivity index (χ0) is 94.7. The van der Waals surface area contributed by atoms with E-state index in [2.05, 4.69) is 175 Å². The second-order valence-electron chi connectivity index (χ2n) is 51.0. The zero-order valence-electron chi connectivity index (χ0n) is 83.1. The van der Waals surface area contributed by atoms with Gasteiger partial charge < -0.3 is 35.6 Å². The Kier molecular flexibility index (Phi) is 27.2. The lowest BCUT2D eigenvalue weighted by Gasteiger charge is -2.71. The quantitative estimate of drug-likeness (QED) is 0.0626. The summed E-state index contributed by atoms with van der Waals surface area (Å²) in [6.07, 6.45) is 25.3. The number of carboxylic acid groups (broad SMARTS) is 1. The lowest BCUT2D eigenvalue weighted by atomic mass is 9.33. The number of carbonyl (C=O) groups excluding carboxylic acids is 4. The van der Waals surface area contributed by atoms with Gasteiger partial charge in [0.1, 0.15) is 24.8 Å². The fourth-order valence-electron chi connectivity index (χ4n) is 34.8. The number of aromatic nitrogens is 4. The number of aliphatic carboxylic acids is 1. The van der Waals surface area contributed by atoms with E-state index in [4.69, 9.17) is 62.3 Å². The third-order valence-corrected chi connectivity index (χ3v) is 43.4. The highest BCUT2D eigenvalue weighted by Crippen LogP contribution is 2.82. The summed E-state index contributed by atoms with van der Waals surface area (Å²) in [4.78, 5) is 68.6. The van der Waals surface area contributed by atoms with Crippen LogP contribution in [-0.2, 0) is 75.1 Å². The number of fused-ring (bicyclic) bond motifs is 23. The van der Waals surface area contributed by atoms with E-state index in [0.29, 0.717) is 61.5 Å². The van der Waals surface area contributed by atoms with Gasteiger partial charge in [0.15, 0.2) is 0 Å². The number of nitrogen functional groups attached to an aromatic ring is 2. The molecule has 0 aliphatic heterocycles. The fraction of sp³-hybridized carbons (Fsp3) is 0.737. The topological polar surface area (TPSA) is 247 Å². The van der Waals surface area contributed by atoms with Crippen LogP contribution in [0.5, 0.6) is 0 Å². The number of nitrogens with two attached hydrogens (primary N) is 2. The van der Waals surface area contributed by atoms with Crippen molar-refractivity contribution in [1.82, 2.24) is 20.4 Å². The molecule has 0 spiro atoms. The molecule has 10 fully saturated rings. The van der Waals surface area contributed by atoms with Crippen LogP contribution in [-0.4, -0.2) is 67.8 Å². The second kappa shape index (κ2) is 34.8. The Morgan fingerprint density at radius 2 is 0.759 bits per heavy atom. The van der Waals surface area contributed by atoms with E-state index in [-0.39, 0.29) is 151 Å². The van der Waals surface area contributed by atoms with E-state index >= 15 is 0 Å². The first-order chi connectivity index (χ1) is 60.5. The minimum atomic E-state index is -0.665. The molecule has 734 valence electrons. The van der Waals surface area contributed by atoms with Gasteiger partial charge in [-0.3, -0.25) is 34.2 Å². The minimum Gasteiger partial charge on any atom is -0.481 e. The lowest BCUT2D eigenvalue weighted by molar-refractivity contribution is -0.192. The monoisotopic (exact) mass is 1880 g/mol. The van der Waals surface area contributed by atoms with Crippen LogP contribution in [0.1, 0.15) is 376 Å². The van der Waals surface area contributed by atoms with Crippen LogP contribution in [0, 0.1) is 146 Å². The molecule has 0 radical (unpaired) electrons. The van der Waals surface area contributed by atoms with Crippen molar-refractivity contribution < 1.29 is 43.3 Å². The molecule has 22 atom stereocenters. The van der Waals surface area contributed by atoms with Gasteiger partial charge in [0.25, 0.3) is 6.04 Å². The largest absolute Gasteiger partial charge is 0.481 e. The average molecular weight is 1890 g/mol. The Hall–Kier alpha value is -6.41. The van der Waals surface area contributed by atoms with Gasteiger partial charge >= 0.3 is 23.9 Å². The van der Waals surface area contributed by atoms with Crippen LogP contribution in [0.4, 0.5) is 11.6 Å². The maximum Gasteiger partial charge on any atom is 0.313 e. The number of carbonyl (C=O) groups is 5. The predicted octanol–water partition coefficient (Wildman–Crippen LogP) is 28.6. The Labute approximate surface area is 814 Å². The number of anilines is 2. The van der Waals surface area contributed by atoms with Crippen molar-refractivity contribution in [1.29, 1.82) is 0 Å². The Balaban J connectivity index is 0.000000163. The maximum atomic E-state index is 14.3. The van der Waals surface area contributed by atoms with E-state index < -0.39 is 33.7 Å². The van der Waals surface area contributed by atoms with Gasteiger partial charge in [-0.2, -0.15) is 10.2 Å². The first-order valence-corrected chi connectivity index (χ1v) is 51.1. The van der Waals surface area contributed by atoms with E-state index in [9.17, 15) is 29.1 Å². The van der Waals surface area contributed by atoms with Gasteiger partial charge in [-0.25, -0.2) is 6.57 Å². The van der Waals surface area contributed by atoms with E-state index in [1.54, 1.807) is 6.92 Å². The molecule has 2 aromatic carbocycles. The Bertz CT molecular complexity index is 5300. The smallest absolute Gasteiger partial charge is 0.313 e. The van der Waals surface area contributed by atoms with Crippen molar-refractivity contribution in [3.05, 3.63) is 138 Å². The van der Waals surface area contributed by atoms with Crippen LogP contribution < -0.4 is 11.5 Å². The lowest BCUT2D eigenvalue weighted by Crippen LogP contribution is -2.66. The normalized spacial score (nSPS) is 40.2. The first kappa shape index (κ1) is 104. The molecule has 19 heteroatoms. The van der Waals surface area contributed by atoms with Gasteiger partial charge in [0, 0.05) is 67.2 Å².